The van der Waals surface area contributed by atoms with E-state index in [1.165, 1.54) is 19.5 Å². The molecule has 1 saturated heterocycles. The molecule has 0 spiro atoms. The normalized spacial score (nSPS) is 23.9. The molecule has 0 radical (unpaired) electrons. The summed E-state index contributed by atoms with van der Waals surface area (Å²) in [6.45, 7) is 3.38. The average Bonchev–Trinajstić information content (AvgIpc) is 2.64. The second-order valence-corrected chi connectivity index (χ2v) is 4.12. The van der Waals surface area contributed by atoms with Crippen molar-refractivity contribution in [3.05, 3.63) is 11.1 Å². The van der Waals surface area contributed by atoms with Gasteiger partial charge in [-0.25, -0.2) is 0 Å². The van der Waals surface area contributed by atoms with E-state index in [1.54, 1.807) is 6.33 Å². The molecule has 2 rings (SSSR count). The fourth-order valence-electron chi connectivity index (χ4n) is 1.85. The lowest BCUT2D eigenvalue weighted by Crippen LogP contribution is -2.16. The lowest BCUT2D eigenvalue weighted by molar-refractivity contribution is 0.377. The van der Waals surface area contributed by atoms with E-state index >= 15 is 0 Å². The van der Waals surface area contributed by atoms with Gasteiger partial charge in [0.2, 0.25) is 0 Å². The number of aromatic amines is 1. The van der Waals surface area contributed by atoms with E-state index < -0.39 is 0 Å². The Bertz CT molecular complexity index is 329. The lowest BCUT2D eigenvalue weighted by atomic mass is 10.1. The molecule has 1 aliphatic heterocycles. The van der Waals surface area contributed by atoms with Gasteiger partial charge >= 0.3 is 0 Å². The van der Waals surface area contributed by atoms with Crippen LogP contribution >= 0.6 is 12.2 Å². The summed E-state index contributed by atoms with van der Waals surface area (Å²) in [6.07, 6.45) is 3.05. The van der Waals surface area contributed by atoms with Gasteiger partial charge in [0, 0.05) is 13.1 Å². The summed E-state index contributed by atoms with van der Waals surface area (Å²) in [5.74, 6) is 0.731. The number of aromatic nitrogens is 3. The van der Waals surface area contributed by atoms with Crippen LogP contribution in [-0.4, -0.2) is 39.8 Å². The Morgan fingerprint density at radius 2 is 2.62 bits per heavy atom. The van der Waals surface area contributed by atoms with Gasteiger partial charge in [-0.15, -0.1) is 0 Å². The minimum Gasteiger partial charge on any atom is -0.306 e. The second kappa shape index (κ2) is 3.59. The number of H-pyrrole nitrogens is 1. The van der Waals surface area contributed by atoms with Gasteiger partial charge in [0.1, 0.15) is 6.33 Å². The Morgan fingerprint density at radius 1 is 1.77 bits per heavy atom. The van der Waals surface area contributed by atoms with Crippen molar-refractivity contribution in [2.24, 2.45) is 5.92 Å². The molecule has 1 N–H and O–H groups in total. The van der Waals surface area contributed by atoms with Gasteiger partial charge in [0.25, 0.3) is 0 Å². The monoisotopic (exact) mass is 198 g/mol. The zero-order valence-electron chi connectivity index (χ0n) is 7.73. The van der Waals surface area contributed by atoms with Gasteiger partial charge in [0.15, 0.2) is 4.77 Å². The molecule has 0 amide bonds. The number of nitrogens with zero attached hydrogens (tertiary/aromatic N) is 3. The van der Waals surface area contributed by atoms with Crippen molar-refractivity contribution in [2.75, 3.05) is 20.1 Å². The highest BCUT2D eigenvalue weighted by Gasteiger charge is 2.19. The van der Waals surface area contributed by atoms with Crippen LogP contribution in [-0.2, 0) is 6.54 Å². The molecule has 1 aliphatic rings. The molecule has 1 unspecified atom stereocenters. The first-order chi connectivity index (χ1) is 6.25. The third kappa shape index (κ3) is 1.97. The highest BCUT2D eigenvalue weighted by Crippen LogP contribution is 2.15. The van der Waals surface area contributed by atoms with Gasteiger partial charge < -0.3 is 9.47 Å². The highest BCUT2D eigenvalue weighted by atomic mass is 32.1. The first kappa shape index (κ1) is 8.90. The molecule has 0 aliphatic carbocycles. The summed E-state index contributed by atoms with van der Waals surface area (Å²) in [4.78, 5) is 2.36. The molecule has 5 heteroatoms. The molecule has 0 saturated carbocycles. The molecule has 72 valence electrons. The van der Waals surface area contributed by atoms with E-state index in [4.69, 9.17) is 12.2 Å². The number of hydrogen-bond acceptors (Lipinski definition) is 3. The lowest BCUT2D eigenvalue weighted by Gasteiger charge is -2.09. The third-order valence-corrected chi connectivity index (χ3v) is 2.89. The third-order valence-electron chi connectivity index (χ3n) is 2.56. The van der Waals surface area contributed by atoms with Crippen molar-refractivity contribution >= 4 is 12.2 Å². The molecule has 1 fully saturated rings. The maximum atomic E-state index is 5.08. The van der Waals surface area contributed by atoms with Crippen LogP contribution in [0.1, 0.15) is 6.42 Å². The fourth-order valence-corrected chi connectivity index (χ4v) is 2.03. The number of nitrogens with one attached hydrogen (secondary N) is 1. The number of likely N-dealkylation sites (tertiary alicyclic amines) is 1. The Labute approximate surface area is 82.6 Å². The smallest absolute Gasteiger partial charge is 0.194 e. The summed E-state index contributed by atoms with van der Waals surface area (Å²) in [7, 11) is 2.16. The molecule has 1 atom stereocenters. The maximum Gasteiger partial charge on any atom is 0.194 e. The molecule has 1 aromatic rings. The van der Waals surface area contributed by atoms with Crippen LogP contribution in [0.15, 0.2) is 6.33 Å². The van der Waals surface area contributed by atoms with E-state index in [1.807, 2.05) is 4.57 Å². The first-order valence-electron chi connectivity index (χ1n) is 4.54. The molecule has 0 aromatic carbocycles. The van der Waals surface area contributed by atoms with Gasteiger partial charge in [-0.1, -0.05) is 0 Å². The van der Waals surface area contributed by atoms with Crippen LogP contribution in [0.25, 0.3) is 0 Å². The largest absolute Gasteiger partial charge is 0.306 e. The SMILES string of the molecule is CN1CCC(Cn2cn[nH]c2=S)C1. The molecule has 1 aromatic heterocycles. The van der Waals surface area contributed by atoms with Crippen LogP contribution in [0, 0.1) is 10.7 Å². The standard InChI is InChI=1S/C8H14N4S/c1-11-3-2-7(4-11)5-12-6-9-10-8(12)13/h6-7H,2-5H2,1H3,(H,10,13). The van der Waals surface area contributed by atoms with Gasteiger partial charge in [0.05, 0.1) is 0 Å². The Hall–Kier alpha value is -0.680. The summed E-state index contributed by atoms with van der Waals surface area (Å²) in [5, 5.41) is 6.67. The van der Waals surface area contributed by atoms with Crippen molar-refractivity contribution in [2.45, 2.75) is 13.0 Å². The summed E-state index contributed by atoms with van der Waals surface area (Å²) >= 11 is 5.08. The Kier molecular flexibility index (Phi) is 2.46. The van der Waals surface area contributed by atoms with E-state index in [-0.39, 0.29) is 0 Å². The van der Waals surface area contributed by atoms with Crippen LogP contribution in [0.5, 0.6) is 0 Å². The van der Waals surface area contributed by atoms with Crippen molar-refractivity contribution in [1.82, 2.24) is 19.7 Å². The maximum absolute atomic E-state index is 5.08. The predicted molar refractivity (Wildman–Crippen MR) is 53.0 cm³/mol. The molecule has 0 bridgehead atoms. The van der Waals surface area contributed by atoms with E-state index in [2.05, 4.69) is 22.1 Å². The zero-order valence-corrected chi connectivity index (χ0v) is 8.55. The molecule has 13 heavy (non-hydrogen) atoms. The minimum absolute atomic E-state index is 0.731. The van der Waals surface area contributed by atoms with Crippen molar-refractivity contribution in [3.63, 3.8) is 0 Å². The van der Waals surface area contributed by atoms with Crippen molar-refractivity contribution < 1.29 is 0 Å². The van der Waals surface area contributed by atoms with Gasteiger partial charge in [-0.05, 0) is 38.1 Å². The van der Waals surface area contributed by atoms with Crippen molar-refractivity contribution in [3.8, 4) is 0 Å². The minimum atomic E-state index is 0.731. The van der Waals surface area contributed by atoms with E-state index in [0.717, 1.165) is 17.2 Å². The fraction of sp³-hybridized carbons (Fsp3) is 0.750. The van der Waals surface area contributed by atoms with E-state index in [0.29, 0.717) is 0 Å². The molecular formula is C8H14N4S. The summed E-state index contributed by atoms with van der Waals surface area (Å²) in [6, 6.07) is 0. The molecule has 4 nitrogen and oxygen atoms in total. The number of hydrogen-bond donors (Lipinski definition) is 1. The molecular weight excluding hydrogens is 184 g/mol. The average molecular weight is 198 g/mol. The quantitative estimate of drug-likeness (QED) is 0.717. The second-order valence-electron chi connectivity index (χ2n) is 3.73. The topological polar surface area (TPSA) is 36.9 Å². The predicted octanol–water partition coefficient (Wildman–Crippen LogP) is 0.892. The first-order valence-corrected chi connectivity index (χ1v) is 4.95. The van der Waals surface area contributed by atoms with Crippen LogP contribution < -0.4 is 0 Å². The highest BCUT2D eigenvalue weighted by molar-refractivity contribution is 7.71. The zero-order chi connectivity index (χ0) is 9.26. The van der Waals surface area contributed by atoms with Crippen molar-refractivity contribution in [1.29, 1.82) is 0 Å². The van der Waals surface area contributed by atoms with Gasteiger partial charge in [-0.3, -0.25) is 5.10 Å². The Balaban J connectivity index is 1.99. The summed E-state index contributed by atoms with van der Waals surface area (Å²) < 4.78 is 2.74. The van der Waals surface area contributed by atoms with Gasteiger partial charge in [-0.2, -0.15) is 5.10 Å². The number of rotatable bonds is 2. The van der Waals surface area contributed by atoms with E-state index in [9.17, 15) is 0 Å². The Morgan fingerprint density at radius 3 is 3.15 bits per heavy atom. The van der Waals surface area contributed by atoms with Crippen LogP contribution in [0.4, 0.5) is 0 Å². The van der Waals surface area contributed by atoms with Crippen LogP contribution in [0.2, 0.25) is 0 Å². The van der Waals surface area contributed by atoms with Crippen LogP contribution in [0.3, 0.4) is 0 Å². The summed E-state index contributed by atoms with van der Waals surface area (Å²) in [5.41, 5.74) is 0. The molecule has 2 heterocycles.